The number of amides is 1. The van der Waals surface area contributed by atoms with Crippen molar-refractivity contribution in [1.29, 1.82) is 0 Å². The number of aromatic nitrogens is 2. The highest BCUT2D eigenvalue weighted by Gasteiger charge is 2.23. The number of aryl methyl sites for hydroxylation is 3. The van der Waals surface area contributed by atoms with Gasteiger partial charge >= 0.3 is 0 Å². The van der Waals surface area contributed by atoms with Crippen LogP contribution in [0.2, 0.25) is 0 Å². The van der Waals surface area contributed by atoms with Crippen LogP contribution >= 0.6 is 0 Å². The van der Waals surface area contributed by atoms with Gasteiger partial charge in [-0.1, -0.05) is 52.0 Å². The maximum Gasteiger partial charge on any atom is 0.266 e. The molecule has 6 nitrogen and oxygen atoms in total. The molecule has 6 heteroatoms. The van der Waals surface area contributed by atoms with Crippen LogP contribution in [-0.2, 0) is 17.6 Å². The highest BCUT2D eigenvalue weighted by molar-refractivity contribution is 5.96. The summed E-state index contributed by atoms with van der Waals surface area (Å²) in [6, 6.07) is 12.3. The number of hydrogen-bond donors (Lipinski definition) is 1. The number of ether oxygens (including phenoxy) is 1. The zero-order chi connectivity index (χ0) is 22.5. The minimum absolute atomic E-state index is 0.288. The Kier molecular flexibility index (Phi) is 7.10. The lowest BCUT2D eigenvalue weighted by molar-refractivity contribution is -0.122. The van der Waals surface area contributed by atoms with Crippen LogP contribution in [0, 0.1) is 6.92 Å². The Bertz CT molecular complexity index is 1060. The molecule has 1 atom stereocenters. The van der Waals surface area contributed by atoms with Crippen LogP contribution in [0.15, 0.2) is 41.0 Å². The van der Waals surface area contributed by atoms with Crippen molar-refractivity contribution in [3.63, 3.8) is 0 Å². The molecule has 164 valence electrons. The van der Waals surface area contributed by atoms with Crippen molar-refractivity contribution < 1.29 is 14.2 Å². The van der Waals surface area contributed by atoms with E-state index in [0.717, 1.165) is 40.8 Å². The fourth-order valence-electron chi connectivity index (χ4n) is 3.50. The molecule has 0 radical (unpaired) electrons. The number of hydrogen-bond acceptors (Lipinski definition) is 5. The third kappa shape index (κ3) is 5.13. The van der Waals surface area contributed by atoms with Gasteiger partial charge in [0.1, 0.15) is 5.75 Å². The molecule has 0 saturated heterocycles. The van der Waals surface area contributed by atoms with E-state index in [1.54, 1.807) is 6.92 Å². The standard InChI is InChI=1S/C25H31N3O3/c1-7-18-10-11-19(8-2)21(14-18)23-24(28-31-27-23)26-25(29)17(6)30-22-13-16(5)9-12-20(22)15(3)4/h9-15,17H,7-8H2,1-6H3,(H,26,28,29). The fraction of sp³-hybridized carbons (Fsp3) is 0.400. The molecule has 1 N–H and O–H groups in total. The summed E-state index contributed by atoms with van der Waals surface area (Å²) in [4.78, 5) is 12.9. The van der Waals surface area contributed by atoms with E-state index in [1.165, 1.54) is 5.56 Å². The highest BCUT2D eigenvalue weighted by Crippen LogP contribution is 2.31. The summed E-state index contributed by atoms with van der Waals surface area (Å²) in [5.41, 5.74) is 5.91. The van der Waals surface area contributed by atoms with Crippen LogP contribution in [-0.4, -0.2) is 22.3 Å². The van der Waals surface area contributed by atoms with E-state index in [1.807, 2.05) is 19.1 Å². The summed E-state index contributed by atoms with van der Waals surface area (Å²) in [7, 11) is 0. The molecule has 1 heterocycles. The molecule has 1 amide bonds. The van der Waals surface area contributed by atoms with Crippen LogP contribution in [0.5, 0.6) is 5.75 Å². The normalized spacial score (nSPS) is 12.1. The van der Waals surface area contributed by atoms with E-state index in [4.69, 9.17) is 9.37 Å². The summed E-state index contributed by atoms with van der Waals surface area (Å²) in [6.45, 7) is 12.1. The van der Waals surface area contributed by atoms with E-state index in [2.05, 4.69) is 67.6 Å². The topological polar surface area (TPSA) is 77.3 Å². The number of anilines is 1. The van der Waals surface area contributed by atoms with Crippen molar-refractivity contribution in [3.05, 3.63) is 58.7 Å². The molecule has 0 fully saturated rings. The van der Waals surface area contributed by atoms with Gasteiger partial charge in [-0.2, -0.15) is 0 Å². The first-order chi connectivity index (χ1) is 14.8. The smallest absolute Gasteiger partial charge is 0.266 e. The van der Waals surface area contributed by atoms with Crippen LogP contribution in [0.25, 0.3) is 11.3 Å². The average Bonchev–Trinajstić information content (AvgIpc) is 3.20. The molecule has 1 aromatic heterocycles. The second kappa shape index (κ2) is 9.77. The molecule has 1 unspecified atom stereocenters. The van der Waals surface area contributed by atoms with Crippen molar-refractivity contribution in [2.45, 2.75) is 66.4 Å². The molecular weight excluding hydrogens is 390 g/mol. The van der Waals surface area contributed by atoms with Crippen molar-refractivity contribution in [2.24, 2.45) is 0 Å². The van der Waals surface area contributed by atoms with E-state index < -0.39 is 6.10 Å². The van der Waals surface area contributed by atoms with Gasteiger partial charge in [0.05, 0.1) is 0 Å². The lowest BCUT2D eigenvalue weighted by Crippen LogP contribution is -2.30. The van der Waals surface area contributed by atoms with E-state index >= 15 is 0 Å². The Morgan fingerprint density at radius 2 is 1.84 bits per heavy atom. The Hall–Kier alpha value is -3.15. The summed E-state index contributed by atoms with van der Waals surface area (Å²) < 4.78 is 11.0. The molecule has 0 aliphatic heterocycles. The van der Waals surface area contributed by atoms with Gasteiger partial charge in [-0.05, 0) is 77.3 Å². The number of carbonyl (C=O) groups is 1. The molecule has 0 saturated carbocycles. The van der Waals surface area contributed by atoms with E-state index in [0.29, 0.717) is 11.5 Å². The summed E-state index contributed by atoms with van der Waals surface area (Å²) in [5.74, 6) is 1.00. The number of nitrogens with zero attached hydrogens (tertiary/aromatic N) is 2. The van der Waals surface area contributed by atoms with Gasteiger partial charge in [-0.3, -0.25) is 4.79 Å². The molecule has 3 aromatic rings. The lowest BCUT2D eigenvalue weighted by Gasteiger charge is -2.19. The summed E-state index contributed by atoms with van der Waals surface area (Å²) >= 11 is 0. The number of rotatable bonds is 8. The Morgan fingerprint density at radius 1 is 1.06 bits per heavy atom. The minimum Gasteiger partial charge on any atom is -0.481 e. The van der Waals surface area contributed by atoms with Gasteiger partial charge in [0, 0.05) is 5.56 Å². The third-order valence-electron chi connectivity index (χ3n) is 5.41. The second-order valence-corrected chi connectivity index (χ2v) is 8.11. The van der Waals surface area contributed by atoms with E-state index in [9.17, 15) is 4.79 Å². The van der Waals surface area contributed by atoms with Crippen molar-refractivity contribution in [1.82, 2.24) is 10.3 Å². The zero-order valence-electron chi connectivity index (χ0n) is 19.2. The number of carbonyl (C=O) groups excluding carboxylic acids is 1. The predicted molar refractivity (Wildman–Crippen MR) is 122 cm³/mol. The molecule has 31 heavy (non-hydrogen) atoms. The second-order valence-electron chi connectivity index (χ2n) is 8.11. The molecular formula is C25H31N3O3. The molecule has 0 bridgehead atoms. The van der Waals surface area contributed by atoms with Crippen molar-refractivity contribution >= 4 is 11.7 Å². The zero-order valence-corrected chi connectivity index (χ0v) is 19.2. The summed E-state index contributed by atoms with van der Waals surface area (Å²) in [5, 5.41) is 10.8. The van der Waals surface area contributed by atoms with Gasteiger partial charge in [0.2, 0.25) is 5.82 Å². The molecule has 2 aromatic carbocycles. The monoisotopic (exact) mass is 421 g/mol. The van der Waals surface area contributed by atoms with Crippen molar-refractivity contribution in [2.75, 3.05) is 5.32 Å². The number of nitrogens with one attached hydrogen (secondary N) is 1. The molecule has 0 aliphatic rings. The number of benzene rings is 2. The van der Waals surface area contributed by atoms with Gasteiger partial charge in [0.25, 0.3) is 5.91 Å². The first kappa shape index (κ1) is 22.5. The maximum atomic E-state index is 12.9. The van der Waals surface area contributed by atoms with Crippen LogP contribution < -0.4 is 10.1 Å². The first-order valence-corrected chi connectivity index (χ1v) is 10.9. The minimum atomic E-state index is -0.712. The van der Waals surface area contributed by atoms with E-state index in [-0.39, 0.29) is 11.8 Å². The highest BCUT2D eigenvalue weighted by atomic mass is 16.6. The Labute approximate surface area is 184 Å². The Morgan fingerprint density at radius 3 is 2.52 bits per heavy atom. The molecule has 0 aliphatic carbocycles. The average molecular weight is 422 g/mol. The predicted octanol–water partition coefficient (Wildman–Crippen LogP) is 5.70. The quantitative estimate of drug-likeness (QED) is 0.505. The fourth-order valence-corrected chi connectivity index (χ4v) is 3.50. The van der Waals surface area contributed by atoms with Gasteiger partial charge in [-0.25, -0.2) is 4.63 Å². The van der Waals surface area contributed by atoms with Crippen LogP contribution in [0.4, 0.5) is 5.82 Å². The maximum absolute atomic E-state index is 12.9. The summed E-state index contributed by atoms with van der Waals surface area (Å²) in [6.07, 6.45) is 1.03. The van der Waals surface area contributed by atoms with Gasteiger partial charge in [0.15, 0.2) is 11.8 Å². The molecule has 0 spiro atoms. The first-order valence-electron chi connectivity index (χ1n) is 10.9. The largest absolute Gasteiger partial charge is 0.481 e. The molecule has 3 rings (SSSR count). The SMILES string of the molecule is CCc1ccc(CC)c(-c2nonc2NC(=O)C(C)Oc2cc(C)ccc2C(C)C)c1. The van der Waals surface area contributed by atoms with Gasteiger partial charge < -0.3 is 10.1 Å². The van der Waals surface area contributed by atoms with Crippen LogP contribution in [0.1, 0.15) is 62.8 Å². The van der Waals surface area contributed by atoms with Crippen LogP contribution in [0.3, 0.4) is 0 Å². The lowest BCUT2D eigenvalue weighted by atomic mass is 9.98. The Balaban J connectivity index is 1.82. The van der Waals surface area contributed by atoms with Crippen molar-refractivity contribution in [3.8, 4) is 17.0 Å². The van der Waals surface area contributed by atoms with Gasteiger partial charge in [-0.15, -0.1) is 0 Å². The third-order valence-corrected chi connectivity index (χ3v) is 5.41.